The molecule has 0 spiro atoms. The Morgan fingerprint density at radius 3 is 2.47 bits per heavy atom. The zero-order valence-corrected chi connectivity index (χ0v) is 11.6. The largest absolute Gasteiger partial charge is 0.314 e. The lowest BCUT2D eigenvalue weighted by Crippen LogP contribution is -2.37. The third kappa shape index (κ3) is 2.92. The molecule has 0 saturated heterocycles. The highest BCUT2D eigenvalue weighted by Crippen LogP contribution is 2.38. The second kappa shape index (κ2) is 5.11. The molecule has 0 aromatic carbocycles. The average Bonchev–Trinajstić information content (AvgIpc) is 3.02. The van der Waals surface area contributed by atoms with Crippen LogP contribution in [-0.4, -0.2) is 12.6 Å². The summed E-state index contributed by atoms with van der Waals surface area (Å²) in [5, 5.41) is 3.69. The Hall–Kier alpha value is -0.340. The van der Waals surface area contributed by atoms with Gasteiger partial charge in [0.05, 0.1) is 0 Å². The van der Waals surface area contributed by atoms with Gasteiger partial charge in [-0.05, 0) is 69.0 Å². The minimum atomic E-state index is 0.879. The van der Waals surface area contributed by atoms with E-state index in [9.17, 15) is 0 Å². The zero-order chi connectivity index (χ0) is 11.7. The summed E-state index contributed by atoms with van der Waals surface area (Å²) < 4.78 is 0. The van der Waals surface area contributed by atoms with Crippen molar-refractivity contribution in [2.75, 3.05) is 6.54 Å². The van der Waals surface area contributed by atoms with E-state index < -0.39 is 0 Å². The minimum absolute atomic E-state index is 0.879. The first-order chi connectivity index (χ1) is 8.35. The van der Waals surface area contributed by atoms with E-state index in [-0.39, 0.29) is 0 Å². The molecule has 1 aromatic heterocycles. The molecule has 2 saturated carbocycles. The van der Waals surface area contributed by atoms with Crippen LogP contribution in [0.25, 0.3) is 0 Å². The monoisotopic (exact) mass is 249 g/mol. The standard InChI is InChI=1S/C15H23NS/c1-2-14-7-8-15(17-14)9-11-3-4-12(11)10-16-13-5-6-13/h7-8,11-13,16H,2-6,9-10H2,1H3. The molecule has 2 fully saturated rings. The van der Waals surface area contributed by atoms with Crippen molar-refractivity contribution >= 4 is 11.3 Å². The van der Waals surface area contributed by atoms with Crippen molar-refractivity contribution in [2.45, 2.75) is 51.5 Å². The molecule has 1 heterocycles. The molecule has 2 aliphatic rings. The van der Waals surface area contributed by atoms with Crippen molar-refractivity contribution in [3.8, 4) is 0 Å². The van der Waals surface area contributed by atoms with E-state index in [4.69, 9.17) is 0 Å². The highest BCUT2D eigenvalue weighted by atomic mass is 32.1. The molecule has 94 valence electrons. The molecule has 0 amide bonds. The first kappa shape index (κ1) is 11.7. The van der Waals surface area contributed by atoms with Crippen LogP contribution in [0.1, 0.15) is 42.4 Å². The molecule has 0 bridgehead atoms. The molecular weight excluding hydrogens is 226 g/mol. The highest BCUT2D eigenvalue weighted by Gasteiger charge is 2.32. The van der Waals surface area contributed by atoms with Crippen LogP contribution < -0.4 is 5.32 Å². The van der Waals surface area contributed by atoms with Crippen LogP contribution in [0, 0.1) is 11.8 Å². The number of hydrogen-bond donors (Lipinski definition) is 1. The second-order valence-electron chi connectivity index (χ2n) is 5.71. The topological polar surface area (TPSA) is 12.0 Å². The lowest BCUT2D eigenvalue weighted by Gasteiger charge is -2.37. The number of thiophene rings is 1. The molecule has 2 heteroatoms. The molecule has 1 N–H and O–H groups in total. The van der Waals surface area contributed by atoms with Crippen molar-refractivity contribution < 1.29 is 0 Å². The van der Waals surface area contributed by atoms with Crippen LogP contribution in [0.4, 0.5) is 0 Å². The highest BCUT2D eigenvalue weighted by molar-refractivity contribution is 7.11. The zero-order valence-electron chi connectivity index (χ0n) is 10.7. The second-order valence-corrected chi connectivity index (χ2v) is 6.96. The first-order valence-corrected chi connectivity index (χ1v) is 7.97. The van der Waals surface area contributed by atoms with Gasteiger partial charge in [0, 0.05) is 15.8 Å². The summed E-state index contributed by atoms with van der Waals surface area (Å²) in [6, 6.07) is 5.55. The molecule has 3 rings (SSSR count). The molecule has 0 aliphatic heterocycles. The molecular formula is C15H23NS. The molecule has 1 nitrogen and oxygen atoms in total. The van der Waals surface area contributed by atoms with E-state index in [1.165, 1.54) is 45.1 Å². The quantitative estimate of drug-likeness (QED) is 0.812. The van der Waals surface area contributed by atoms with Gasteiger partial charge < -0.3 is 5.32 Å². The van der Waals surface area contributed by atoms with E-state index in [0.29, 0.717) is 0 Å². The van der Waals surface area contributed by atoms with Gasteiger partial charge in [0.1, 0.15) is 0 Å². The van der Waals surface area contributed by atoms with Crippen LogP contribution in [0.5, 0.6) is 0 Å². The lowest BCUT2D eigenvalue weighted by molar-refractivity contribution is 0.171. The van der Waals surface area contributed by atoms with Crippen molar-refractivity contribution in [1.82, 2.24) is 5.32 Å². The summed E-state index contributed by atoms with van der Waals surface area (Å²) in [6.45, 7) is 3.53. The Kier molecular flexibility index (Phi) is 3.53. The Morgan fingerprint density at radius 1 is 1.12 bits per heavy atom. The van der Waals surface area contributed by atoms with Gasteiger partial charge in [-0.25, -0.2) is 0 Å². The molecule has 1 aromatic rings. The van der Waals surface area contributed by atoms with Crippen molar-refractivity contribution in [3.63, 3.8) is 0 Å². The summed E-state index contributed by atoms with van der Waals surface area (Å²) in [6.07, 6.45) is 8.28. The molecule has 17 heavy (non-hydrogen) atoms. The maximum atomic E-state index is 3.69. The number of rotatable bonds is 6. The fourth-order valence-corrected chi connectivity index (χ4v) is 3.81. The molecule has 2 unspecified atom stereocenters. The summed E-state index contributed by atoms with van der Waals surface area (Å²) >= 11 is 2.03. The maximum Gasteiger partial charge on any atom is 0.00683 e. The van der Waals surface area contributed by atoms with Crippen molar-refractivity contribution in [1.29, 1.82) is 0 Å². The van der Waals surface area contributed by atoms with E-state index >= 15 is 0 Å². The lowest BCUT2D eigenvalue weighted by atomic mass is 9.71. The van der Waals surface area contributed by atoms with Gasteiger partial charge in [-0.1, -0.05) is 6.92 Å². The number of aryl methyl sites for hydroxylation is 1. The van der Waals surface area contributed by atoms with Gasteiger partial charge in [0.25, 0.3) is 0 Å². The van der Waals surface area contributed by atoms with Crippen LogP contribution in [0.2, 0.25) is 0 Å². The van der Waals surface area contributed by atoms with Crippen molar-refractivity contribution in [2.24, 2.45) is 11.8 Å². The first-order valence-electron chi connectivity index (χ1n) is 7.16. The summed E-state index contributed by atoms with van der Waals surface area (Å²) in [4.78, 5) is 3.16. The summed E-state index contributed by atoms with van der Waals surface area (Å²) in [5.74, 6) is 1.92. The summed E-state index contributed by atoms with van der Waals surface area (Å²) in [7, 11) is 0. The van der Waals surface area contributed by atoms with Crippen LogP contribution in [0.15, 0.2) is 12.1 Å². The third-order valence-electron chi connectivity index (χ3n) is 4.35. The average molecular weight is 249 g/mol. The van der Waals surface area contributed by atoms with Crippen LogP contribution in [-0.2, 0) is 12.8 Å². The maximum absolute atomic E-state index is 3.69. The molecule has 2 atom stereocenters. The van der Waals surface area contributed by atoms with E-state index in [1.807, 2.05) is 11.3 Å². The fourth-order valence-electron chi connectivity index (χ4n) is 2.76. The van der Waals surface area contributed by atoms with Gasteiger partial charge >= 0.3 is 0 Å². The van der Waals surface area contributed by atoms with Gasteiger partial charge in [-0.3, -0.25) is 0 Å². The predicted octanol–water partition coefficient (Wildman–Crippen LogP) is 3.63. The van der Waals surface area contributed by atoms with Gasteiger partial charge in [0.15, 0.2) is 0 Å². The predicted molar refractivity (Wildman–Crippen MR) is 74.6 cm³/mol. The molecule has 0 radical (unpaired) electrons. The Morgan fingerprint density at radius 2 is 1.88 bits per heavy atom. The molecule has 2 aliphatic carbocycles. The Labute approximate surface area is 109 Å². The van der Waals surface area contributed by atoms with Crippen LogP contribution in [0.3, 0.4) is 0 Å². The third-order valence-corrected chi connectivity index (χ3v) is 5.60. The number of nitrogens with one attached hydrogen (secondary N) is 1. The Bertz CT molecular complexity index is 367. The smallest absolute Gasteiger partial charge is 0.00683 e. The SMILES string of the molecule is CCc1ccc(CC2CCC2CNC2CC2)s1. The van der Waals surface area contributed by atoms with Gasteiger partial charge in [0.2, 0.25) is 0 Å². The minimum Gasteiger partial charge on any atom is -0.314 e. The summed E-state index contributed by atoms with van der Waals surface area (Å²) in [5.41, 5.74) is 0. The van der Waals surface area contributed by atoms with Crippen molar-refractivity contribution in [3.05, 3.63) is 21.9 Å². The van der Waals surface area contributed by atoms with E-state index in [1.54, 1.807) is 9.75 Å². The van der Waals surface area contributed by atoms with Gasteiger partial charge in [-0.2, -0.15) is 0 Å². The van der Waals surface area contributed by atoms with Crippen LogP contribution >= 0.6 is 11.3 Å². The van der Waals surface area contributed by atoms with Gasteiger partial charge in [-0.15, -0.1) is 11.3 Å². The Balaban J connectivity index is 1.47. The normalized spacial score (nSPS) is 28.1. The van der Waals surface area contributed by atoms with E-state index in [0.717, 1.165) is 17.9 Å². The fraction of sp³-hybridized carbons (Fsp3) is 0.733. The van der Waals surface area contributed by atoms with E-state index in [2.05, 4.69) is 24.4 Å². The number of hydrogen-bond acceptors (Lipinski definition) is 2.